The molecule has 3 nitrogen and oxygen atoms in total. The highest BCUT2D eigenvalue weighted by molar-refractivity contribution is 6.22. The maximum atomic E-state index is 6.64. The van der Waals surface area contributed by atoms with Crippen molar-refractivity contribution in [1.29, 1.82) is 0 Å². The van der Waals surface area contributed by atoms with E-state index in [1.807, 2.05) is 30.3 Å². The van der Waals surface area contributed by atoms with Crippen LogP contribution in [0.25, 0.3) is 98.8 Å². The summed E-state index contributed by atoms with van der Waals surface area (Å²) in [6.07, 6.45) is 0. The van der Waals surface area contributed by atoms with Crippen LogP contribution in [0.1, 0.15) is 0 Å². The van der Waals surface area contributed by atoms with E-state index in [-0.39, 0.29) is 0 Å². The number of hydrogen-bond donors (Lipinski definition) is 0. The predicted molar refractivity (Wildman–Crippen MR) is 177 cm³/mol. The number of para-hydroxylation sites is 2. The molecular formula is C40H22O3. The molecular weight excluding hydrogens is 528 g/mol. The zero-order valence-corrected chi connectivity index (χ0v) is 22.9. The molecule has 0 N–H and O–H groups in total. The highest BCUT2D eigenvalue weighted by Crippen LogP contribution is 2.46. The maximum Gasteiger partial charge on any atom is 0.146 e. The fourth-order valence-electron chi connectivity index (χ4n) is 7.01. The third-order valence-electron chi connectivity index (χ3n) is 8.89. The lowest BCUT2D eigenvalue weighted by molar-refractivity contribution is 0.632. The zero-order chi connectivity index (χ0) is 28.1. The fourth-order valence-corrected chi connectivity index (χ4v) is 7.01. The van der Waals surface area contributed by atoms with E-state index in [9.17, 15) is 0 Å². The molecule has 0 spiro atoms. The van der Waals surface area contributed by atoms with Gasteiger partial charge in [0.1, 0.15) is 33.7 Å². The van der Waals surface area contributed by atoms with Crippen LogP contribution in [0.5, 0.6) is 0 Å². The van der Waals surface area contributed by atoms with Gasteiger partial charge >= 0.3 is 0 Å². The Morgan fingerprint density at radius 3 is 1.51 bits per heavy atom. The van der Waals surface area contributed by atoms with Crippen LogP contribution < -0.4 is 0 Å². The number of benzene rings is 7. The van der Waals surface area contributed by atoms with E-state index in [1.54, 1.807) is 0 Å². The summed E-state index contributed by atoms with van der Waals surface area (Å²) in [5.41, 5.74) is 7.75. The van der Waals surface area contributed by atoms with Crippen LogP contribution in [0.2, 0.25) is 0 Å². The summed E-state index contributed by atoms with van der Waals surface area (Å²) in [6, 6.07) is 46.6. The second-order valence-corrected chi connectivity index (χ2v) is 11.2. The number of hydrogen-bond acceptors (Lipinski definition) is 3. The van der Waals surface area contributed by atoms with Crippen LogP contribution in [0, 0.1) is 0 Å². The van der Waals surface area contributed by atoms with Gasteiger partial charge in [-0.05, 0) is 75.1 Å². The molecule has 0 radical (unpaired) electrons. The summed E-state index contributed by atoms with van der Waals surface area (Å²) >= 11 is 0. The molecule has 0 bridgehead atoms. The Bertz CT molecular complexity index is 2680. The average Bonchev–Trinajstić information content (AvgIpc) is 3.76. The zero-order valence-electron chi connectivity index (χ0n) is 22.9. The van der Waals surface area contributed by atoms with Crippen molar-refractivity contribution in [1.82, 2.24) is 0 Å². The standard InChI is InChI=1S/C40H22O3/c1-3-13-29-27(11-1)38(23-17-18-26-24-9-5-7-15-33(24)41-36(26)21-23)28-12-2-4-14-30(28)39(29)37-22-32-35(42-37)20-19-31-25-10-6-8-16-34(25)43-40(31)32/h1-22H. The number of furan rings is 3. The Kier molecular flexibility index (Phi) is 4.45. The Morgan fingerprint density at radius 2 is 0.814 bits per heavy atom. The summed E-state index contributed by atoms with van der Waals surface area (Å²) in [5.74, 6) is 0.828. The summed E-state index contributed by atoms with van der Waals surface area (Å²) in [4.78, 5) is 0. The quantitative estimate of drug-likeness (QED) is 0.201. The maximum absolute atomic E-state index is 6.64. The van der Waals surface area contributed by atoms with Gasteiger partial charge in [-0.15, -0.1) is 0 Å². The van der Waals surface area contributed by atoms with Crippen LogP contribution >= 0.6 is 0 Å². The Hall–Kier alpha value is -5.80. The lowest BCUT2D eigenvalue weighted by Gasteiger charge is -2.16. The first-order valence-electron chi connectivity index (χ1n) is 14.5. The molecule has 0 aliphatic carbocycles. The minimum atomic E-state index is 0.814. The van der Waals surface area contributed by atoms with E-state index in [0.717, 1.165) is 82.5 Å². The average molecular weight is 551 g/mol. The third kappa shape index (κ3) is 3.14. The topological polar surface area (TPSA) is 39.4 Å². The van der Waals surface area contributed by atoms with Crippen LogP contribution in [0.4, 0.5) is 0 Å². The van der Waals surface area contributed by atoms with Crippen LogP contribution in [0.3, 0.4) is 0 Å². The monoisotopic (exact) mass is 550 g/mol. The highest BCUT2D eigenvalue weighted by Gasteiger charge is 2.21. The van der Waals surface area contributed by atoms with Crippen molar-refractivity contribution in [3.63, 3.8) is 0 Å². The third-order valence-corrected chi connectivity index (χ3v) is 8.89. The summed E-state index contributed by atoms with van der Waals surface area (Å²) in [6.45, 7) is 0. The lowest BCUT2D eigenvalue weighted by Crippen LogP contribution is -1.89. The van der Waals surface area contributed by atoms with Gasteiger partial charge < -0.3 is 13.3 Å². The Labute approximate surface area is 245 Å². The second kappa shape index (κ2) is 8.37. The molecule has 0 unspecified atom stereocenters. The molecule has 10 rings (SSSR count). The molecule has 0 aliphatic rings. The Balaban J connectivity index is 1.27. The molecule has 10 aromatic rings. The number of fused-ring (bicyclic) bond motifs is 10. The van der Waals surface area contributed by atoms with Gasteiger partial charge in [0, 0.05) is 27.1 Å². The van der Waals surface area contributed by atoms with Crippen molar-refractivity contribution in [3.8, 4) is 22.5 Å². The molecule has 43 heavy (non-hydrogen) atoms. The van der Waals surface area contributed by atoms with Gasteiger partial charge in [-0.1, -0.05) is 91.0 Å². The van der Waals surface area contributed by atoms with E-state index in [2.05, 4.69) is 103 Å². The van der Waals surface area contributed by atoms with Gasteiger partial charge in [0.25, 0.3) is 0 Å². The largest absolute Gasteiger partial charge is 0.456 e. The van der Waals surface area contributed by atoms with Crippen molar-refractivity contribution >= 4 is 76.4 Å². The van der Waals surface area contributed by atoms with E-state index in [4.69, 9.17) is 13.3 Å². The van der Waals surface area contributed by atoms with Crippen molar-refractivity contribution in [2.24, 2.45) is 0 Å². The van der Waals surface area contributed by atoms with Gasteiger partial charge in [-0.25, -0.2) is 0 Å². The lowest BCUT2D eigenvalue weighted by atomic mass is 9.87. The number of rotatable bonds is 2. The summed E-state index contributed by atoms with van der Waals surface area (Å²) in [5, 5.41) is 10.1. The SMILES string of the molecule is c1ccc2c(c1)oc1cc(-c3c4ccccc4c(-c4cc5c(ccc6c7ccccc7oc56)o4)c4ccccc34)ccc12. The van der Waals surface area contributed by atoms with Gasteiger partial charge in [-0.3, -0.25) is 0 Å². The van der Waals surface area contributed by atoms with E-state index in [0.29, 0.717) is 0 Å². The first-order chi connectivity index (χ1) is 21.3. The molecule has 0 fully saturated rings. The van der Waals surface area contributed by atoms with Crippen LogP contribution in [-0.2, 0) is 0 Å². The van der Waals surface area contributed by atoms with E-state index < -0.39 is 0 Å². The van der Waals surface area contributed by atoms with Gasteiger partial charge in [0.05, 0.1) is 5.39 Å². The molecule has 7 aromatic carbocycles. The molecule has 0 aliphatic heterocycles. The van der Waals surface area contributed by atoms with Gasteiger partial charge in [0.15, 0.2) is 0 Å². The molecule has 0 amide bonds. The smallest absolute Gasteiger partial charge is 0.146 e. The van der Waals surface area contributed by atoms with Crippen LogP contribution in [-0.4, -0.2) is 0 Å². The normalized spacial score (nSPS) is 12.2. The first kappa shape index (κ1) is 22.8. The molecule has 3 aromatic heterocycles. The molecule has 3 heterocycles. The predicted octanol–water partition coefficient (Wildman–Crippen LogP) is 11.9. The van der Waals surface area contributed by atoms with Gasteiger partial charge in [0.2, 0.25) is 0 Å². The molecule has 0 saturated heterocycles. The van der Waals surface area contributed by atoms with Gasteiger partial charge in [-0.2, -0.15) is 0 Å². The molecule has 0 atom stereocenters. The minimum Gasteiger partial charge on any atom is -0.456 e. The summed E-state index contributed by atoms with van der Waals surface area (Å²) in [7, 11) is 0. The highest BCUT2D eigenvalue weighted by atomic mass is 16.3. The van der Waals surface area contributed by atoms with Crippen molar-refractivity contribution < 1.29 is 13.3 Å². The van der Waals surface area contributed by atoms with Crippen molar-refractivity contribution in [2.45, 2.75) is 0 Å². The first-order valence-corrected chi connectivity index (χ1v) is 14.5. The fraction of sp³-hybridized carbons (Fsp3) is 0. The second-order valence-electron chi connectivity index (χ2n) is 11.2. The molecule has 200 valence electrons. The molecule has 3 heteroatoms. The summed E-state index contributed by atoms with van der Waals surface area (Å²) < 4.78 is 19.3. The van der Waals surface area contributed by atoms with Crippen LogP contribution in [0.15, 0.2) is 147 Å². The van der Waals surface area contributed by atoms with Crippen molar-refractivity contribution in [2.75, 3.05) is 0 Å². The van der Waals surface area contributed by atoms with E-state index in [1.165, 1.54) is 16.3 Å². The Morgan fingerprint density at radius 1 is 0.302 bits per heavy atom. The van der Waals surface area contributed by atoms with E-state index >= 15 is 0 Å². The van der Waals surface area contributed by atoms with Crippen molar-refractivity contribution in [3.05, 3.63) is 133 Å². The molecule has 0 saturated carbocycles. The minimum absolute atomic E-state index is 0.814.